The van der Waals surface area contributed by atoms with Crippen LogP contribution in [0.1, 0.15) is 60.0 Å². The largest absolute Gasteiger partial charge is 0.494 e. The number of piperidine rings is 2. The number of ether oxygens (including phenoxy) is 1. The predicted molar refractivity (Wildman–Crippen MR) is 268 cm³/mol. The van der Waals surface area contributed by atoms with Gasteiger partial charge in [0.15, 0.2) is 5.82 Å². The van der Waals surface area contributed by atoms with Gasteiger partial charge in [0.2, 0.25) is 17.8 Å². The van der Waals surface area contributed by atoms with E-state index in [0.717, 1.165) is 88.3 Å². The molecule has 4 N–H and O–H groups in total. The molecule has 8 rings (SSSR count). The van der Waals surface area contributed by atoms with Crippen molar-refractivity contribution in [2.24, 2.45) is 0 Å². The molecule has 4 amide bonds. The molecule has 1 aromatic heterocycles. The van der Waals surface area contributed by atoms with E-state index in [4.69, 9.17) is 27.9 Å². The number of carbonyl (C=O) groups excluding carboxylic acids is 4. The molecule has 3 aromatic carbocycles. The number of aromatic nitrogens is 2. The number of fused-ring (bicyclic) bond motifs is 1. The van der Waals surface area contributed by atoms with Gasteiger partial charge in [-0.15, -0.1) is 0 Å². The Kier molecular flexibility index (Phi) is 15.1. The molecule has 0 bridgehead atoms. The van der Waals surface area contributed by atoms with Gasteiger partial charge < -0.3 is 40.0 Å². The van der Waals surface area contributed by atoms with Crippen LogP contribution in [-0.4, -0.2) is 127 Å². The Bertz CT molecular complexity index is 2740. The number of carbonyl (C=O) groups is 4. The number of hydrogen-bond donors (Lipinski definition) is 4. The Hall–Kier alpha value is -5.95. The Balaban J connectivity index is 0.849. The molecule has 4 aromatic rings. The van der Waals surface area contributed by atoms with Gasteiger partial charge in [0.25, 0.3) is 11.8 Å². The molecule has 0 saturated carbocycles. The normalized spacial score (nSPS) is 18.1. The van der Waals surface area contributed by atoms with Crippen molar-refractivity contribution >= 4 is 93.8 Å². The Morgan fingerprint density at radius 3 is 2.46 bits per heavy atom. The maximum absolute atomic E-state index is 13.2. The van der Waals surface area contributed by atoms with Crippen molar-refractivity contribution in [2.45, 2.75) is 57.2 Å². The van der Waals surface area contributed by atoms with E-state index in [2.05, 4.69) is 64.4 Å². The van der Waals surface area contributed by atoms with Gasteiger partial charge in [-0.3, -0.25) is 29.4 Å². The molecule has 0 spiro atoms. The topological polar surface area (TPSA) is 181 Å². The summed E-state index contributed by atoms with van der Waals surface area (Å²) >= 11 is 12.6. The van der Waals surface area contributed by atoms with Gasteiger partial charge in [-0.1, -0.05) is 59.8 Å². The number of para-hydroxylation sites is 1. The lowest BCUT2D eigenvalue weighted by atomic mass is 10.0. The maximum Gasteiger partial charge on any atom is 0.266 e. The fraction of sp³-hybridized carbons (Fsp3) is 0.388. The minimum Gasteiger partial charge on any atom is -0.494 e. The summed E-state index contributed by atoms with van der Waals surface area (Å²) in [6, 6.07) is 16.3. The number of nitrogens with one attached hydrogen (secondary N) is 4. The minimum atomic E-state index is -2.62. The summed E-state index contributed by atoms with van der Waals surface area (Å²) in [5.41, 5.74) is 4.62. The van der Waals surface area contributed by atoms with Gasteiger partial charge in [-0.2, -0.15) is 4.98 Å². The summed E-state index contributed by atoms with van der Waals surface area (Å²) in [6.07, 6.45) is 5.55. The number of unbranched alkanes of at least 4 members (excludes halogenated alkanes) is 1. The first kappa shape index (κ1) is 48.5. The highest BCUT2D eigenvalue weighted by Crippen LogP contribution is 2.41. The lowest BCUT2D eigenvalue weighted by molar-refractivity contribution is -0.137. The third kappa shape index (κ3) is 11.1. The van der Waals surface area contributed by atoms with Crippen LogP contribution in [0.4, 0.5) is 34.5 Å². The van der Waals surface area contributed by atoms with E-state index in [9.17, 15) is 23.7 Å². The zero-order chi connectivity index (χ0) is 48.1. The van der Waals surface area contributed by atoms with Crippen molar-refractivity contribution in [2.75, 3.05) is 87.1 Å². The molecule has 19 heteroatoms. The van der Waals surface area contributed by atoms with Crippen molar-refractivity contribution in [1.29, 1.82) is 0 Å². The zero-order valence-corrected chi connectivity index (χ0v) is 40.8. The predicted octanol–water partition coefficient (Wildman–Crippen LogP) is 6.74. The smallest absolute Gasteiger partial charge is 0.266 e. The fourth-order valence-electron chi connectivity index (χ4n) is 9.28. The molecular weight excluding hydrogens is 926 g/mol. The van der Waals surface area contributed by atoms with E-state index in [1.807, 2.05) is 42.5 Å². The van der Waals surface area contributed by atoms with Gasteiger partial charge in [0.05, 0.1) is 41.1 Å². The number of halogens is 2. The maximum atomic E-state index is 13.2. The fourth-order valence-corrected chi connectivity index (χ4v) is 10.6. The van der Waals surface area contributed by atoms with Crippen molar-refractivity contribution < 1.29 is 28.5 Å². The van der Waals surface area contributed by atoms with Crippen LogP contribution in [0.15, 0.2) is 72.4 Å². The molecule has 0 aliphatic carbocycles. The second kappa shape index (κ2) is 21.1. The van der Waals surface area contributed by atoms with Crippen LogP contribution >= 0.6 is 30.3 Å². The molecule has 4 aliphatic heterocycles. The highest BCUT2D eigenvalue weighted by Gasteiger charge is 2.40. The monoisotopic (exact) mass is 980 g/mol. The van der Waals surface area contributed by atoms with Crippen LogP contribution in [-0.2, 0) is 25.5 Å². The Morgan fingerprint density at radius 1 is 0.971 bits per heavy atom. The number of nitrogens with zero attached hydrogens (tertiary/aromatic N) is 6. The number of methoxy groups -OCH3 is 1. The van der Waals surface area contributed by atoms with Crippen molar-refractivity contribution in [1.82, 2.24) is 30.0 Å². The first-order valence-electron chi connectivity index (χ1n) is 22.7. The minimum absolute atomic E-state index is 0.150. The molecule has 3 fully saturated rings. The summed E-state index contributed by atoms with van der Waals surface area (Å²) in [7, 11) is -1.05. The van der Waals surface area contributed by atoms with E-state index in [-0.39, 0.29) is 34.2 Å². The third-order valence-electron chi connectivity index (χ3n) is 12.8. The van der Waals surface area contributed by atoms with Crippen molar-refractivity contribution in [3.8, 4) is 17.6 Å². The van der Waals surface area contributed by atoms with Crippen LogP contribution in [0.25, 0.3) is 0 Å². The second-order valence-electron chi connectivity index (χ2n) is 17.7. The van der Waals surface area contributed by atoms with Crippen LogP contribution in [0, 0.1) is 11.8 Å². The van der Waals surface area contributed by atoms with E-state index in [1.165, 1.54) is 6.20 Å². The first-order chi connectivity index (χ1) is 32.7. The number of imide groups is 1. The summed E-state index contributed by atoms with van der Waals surface area (Å²) in [6.45, 7) is 13.7. The zero-order valence-electron chi connectivity index (χ0n) is 38.4. The van der Waals surface area contributed by atoms with Crippen molar-refractivity contribution in [3.63, 3.8) is 0 Å². The average Bonchev–Trinajstić information content (AvgIpc) is 3.66. The number of anilines is 6. The van der Waals surface area contributed by atoms with E-state index < -0.39 is 25.0 Å². The lowest BCUT2D eigenvalue weighted by Gasteiger charge is -2.43. The van der Waals surface area contributed by atoms with Crippen LogP contribution < -0.4 is 36.2 Å². The molecule has 68 heavy (non-hydrogen) atoms. The summed E-state index contributed by atoms with van der Waals surface area (Å²) in [5, 5.41) is 12.5. The lowest BCUT2D eigenvalue weighted by Crippen LogP contribution is -2.53. The quantitative estimate of drug-likeness (QED) is 0.0343. The average molecular weight is 982 g/mol. The van der Waals surface area contributed by atoms with Gasteiger partial charge in [0, 0.05) is 87.2 Å². The van der Waals surface area contributed by atoms with Crippen LogP contribution in [0.2, 0.25) is 5.02 Å². The molecule has 0 radical (unpaired) electrons. The van der Waals surface area contributed by atoms with Gasteiger partial charge in [-0.25, -0.2) is 4.98 Å². The highest BCUT2D eigenvalue weighted by atomic mass is 35.5. The molecule has 5 heterocycles. The van der Waals surface area contributed by atoms with Crippen LogP contribution in [0.5, 0.6) is 5.75 Å². The van der Waals surface area contributed by atoms with Gasteiger partial charge >= 0.3 is 0 Å². The van der Waals surface area contributed by atoms with Crippen molar-refractivity contribution in [3.05, 3.63) is 94.1 Å². The number of benzene rings is 3. The highest BCUT2D eigenvalue weighted by molar-refractivity contribution is 7.70. The van der Waals surface area contributed by atoms with E-state index in [0.29, 0.717) is 58.5 Å². The molecule has 1 unspecified atom stereocenters. The standard InChI is InChI=1S/C49H55Cl2N10O6P/c1-31(50)46(63)54-38-27-39(55-49-52-29-36(51)45(57-49)53-37-14-7-8-15-43(37)68(3,4)66)42(67-2)28-41(38)60-21-18-33(19-22-60)59-25-23-58(24-26-59)20-9-5-6-11-32-12-10-13-34-35(32)30-61(48(34)65)40-16-17-44(62)56-47(40)64/h7-8,10,12-15,27-29,33,40H,1,5,9,16-26,30H2,2-4H3,(H,54,63)(H,56,62,64)(H2,52,53,55,57). The number of amides is 4. The summed E-state index contributed by atoms with van der Waals surface area (Å²) in [5.74, 6) is 6.18. The molecular formula is C49H55Cl2N10O6P. The number of rotatable bonds is 14. The molecule has 1 atom stereocenters. The molecule has 3 saturated heterocycles. The van der Waals surface area contributed by atoms with Gasteiger partial charge in [-0.05, 0) is 81.5 Å². The summed E-state index contributed by atoms with van der Waals surface area (Å²) in [4.78, 5) is 68.2. The van der Waals surface area contributed by atoms with Crippen LogP contribution in [0.3, 0.4) is 0 Å². The Labute approximate surface area is 406 Å². The Morgan fingerprint density at radius 2 is 1.74 bits per heavy atom. The molecule has 356 valence electrons. The molecule has 4 aliphatic rings. The SMILES string of the molecule is C=C(Cl)C(=O)Nc1cc(Nc2ncc(Cl)c(Nc3ccccc3P(C)(C)=O)n2)c(OC)cc1N1CCC(N2CCN(CCCC#Cc3cccc4c3CN(C3CCC(=O)NC3=O)C4=O)CC2)CC1. The number of hydrogen-bond acceptors (Lipinski definition) is 13. The second-order valence-corrected chi connectivity index (χ2v) is 21.7. The number of piperazine rings is 1. The van der Waals surface area contributed by atoms with Gasteiger partial charge in [0.1, 0.15) is 24.0 Å². The summed E-state index contributed by atoms with van der Waals surface area (Å²) < 4.78 is 18.9. The van der Waals surface area contributed by atoms with E-state index >= 15 is 0 Å². The molecule has 16 nitrogen and oxygen atoms in total. The third-order valence-corrected chi connectivity index (χ3v) is 14.8. The first-order valence-corrected chi connectivity index (χ1v) is 26.1. The van der Waals surface area contributed by atoms with E-state index in [1.54, 1.807) is 37.5 Å².